The van der Waals surface area contributed by atoms with Crippen molar-refractivity contribution in [3.05, 3.63) is 52.2 Å². The molecule has 8 heteroatoms. The lowest BCUT2D eigenvalue weighted by Gasteiger charge is -2.30. The van der Waals surface area contributed by atoms with E-state index in [1.165, 1.54) is 16.2 Å². The van der Waals surface area contributed by atoms with E-state index in [9.17, 15) is 14.4 Å². The zero-order chi connectivity index (χ0) is 21.1. The Balaban J connectivity index is 1.64. The Morgan fingerprint density at radius 3 is 2.57 bits per heavy atom. The highest BCUT2D eigenvalue weighted by atomic mass is 32.1. The van der Waals surface area contributed by atoms with E-state index in [-0.39, 0.29) is 5.78 Å². The number of morpholine rings is 1. The van der Waals surface area contributed by atoms with E-state index in [4.69, 9.17) is 9.47 Å². The molecule has 2 saturated heterocycles. The van der Waals surface area contributed by atoms with E-state index in [0.29, 0.717) is 30.4 Å². The number of carbonyl (C=O) groups is 3. The van der Waals surface area contributed by atoms with Crippen LogP contribution in [0, 0.1) is 5.92 Å². The summed E-state index contributed by atoms with van der Waals surface area (Å²) in [5, 5.41) is 1.80. The number of ether oxygens (including phenoxy) is 2. The number of quaternary nitrogens is 1. The molecule has 0 saturated carbocycles. The summed E-state index contributed by atoms with van der Waals surface area (Å²) in [6.07, 6.45) is 0. The van der Waals surface area contributed by atoms with Crippen LogP contribution in [0.3, 0.4) is 0 Å². The van der Waals surface area contributed by atoms with Gasteiger partial charge >= 0.3 is 0 Å². The Morgan fingerprint density at radius 1 is 1.20 bits per heavy atom. The molecule has 1 aromatic carbocycles. The molecule has 2 unspecified atom stereocenters. The van der Waals surface area contributed by atoms with Gasteiger partial charge in [0.05, 0.1) is 44.3 Å². The second kappa shape index (κ2) is 9.07. The van der Waals surface area contributed by atoms with Crippen molar-refractivity contribution in [2.75, 3.05) is 46.5 Å². The highest BCUT2D eigenvalue weighted by molar-refractivity contribution is 7.12. The molecule has 158 valence electrons. The van der Waals surface area contributed by atoms with Crippen molar-refractivity contribution >= 4 is 28.8 Å². The quantitative estimate of drug-likeness (QED) is 0.397. The number of benzene rings is 1. The minimum atomic E-state index is -1.02. The first-order valence-corrected chi connectivity index (χ1v) is 11.0. The van der Waals surface area contributed by atoms with E-state index in [0.717, 1.165) is 25.2 Å². The fourth-order valence-corrected chi connectivity index (χ4v) is 4.87. The molecule has 4 rings (SSSR count). The molecular formula is C22H25N2O5S+. The Hall–Kier alpha value is -2.55. The SMILES string of the molecule is COc1ccc(C2C(C(=O)c3cccs3)C(=O)C(=O)N2CC[NH+]2CCOCC2)cc1. The van der Waals surface area contributed by atoms with Crippen molar-refractivity contribution in [1.82, 2.24) is 4.90 Å². The van der Waals surface area contributed by atoms with Crippen LogP contribution in [-0.4, -0.2) is 68.9 Å². The highest BCUT2D eigenvalue weighted by Gasteiger charge is 2.52. The number of methoxy groups -OCH3 is 1. The predicted molar refractivity (Wildman–Crippen MR) is 111 cm³/mol. The molecule has 0 spiro atoms. The second-order valence-corrected chi connectivity index (χ2v) is 8.46. The third kappa shape index (κ3) is 4.03. The van der Waals surface area contributed by atoms with Gasteiger partial charge in [0, 0.05) is 0 Å². The third-order valence-electron chi connectivity index (χ3n) is 5.82. The minimum absolute atomic E-state index is 0.287. The number of nitrogens with one attached hydrogen (secondary N) is 1. The molecule has 7 nitrogen and oxygen atoms in total. The largest absolute Gasteiger partial charge is 0.497 e. The first-order chi connectivity index (χ1) is 14.6. The van der Waals surface area contributed by atoms with Gasteiger partial charge in [0.15, 0.2) is 5.78 Å². The van der Waals surface area contributed by atoms with Crippen molar-refractivity contribution in [1.29, 1.82) is 0 Å². The lowest BCUT2D eigenvalue weighted by Crippen LogP contribution is -3.14. The predicted octanol–water partition coefficient (Wildman–Crippen LogP) is 0.623. The monoisotopic (exact) mass is 429 g/mol. The van der Waals surface area contributed by atoms with Crippen molar-refractivity contribution in [2.24, 2.45) is 5.92 Å². The van der Waals surface area contributed by atoms with Gasteiger partial charge in [0.25, 0.3) is 5.91 Å². The third-order valence-corrected chi connectivity index (χ3v) is 6.70. The summed E-state index contributed by atoms with van der Waals surface area (Å²) in [6, 6.07) is 10.1. The molecule has 2 aliphatic rings. The summed E-state index contributed by atoms with van der Waals surface area (Å²) < 4.78 is 10.6. The number of Topliss-reactive ketones (excluding diaryl/α,β-unsaturated/α-hetero) is 2. The topological polar surface area (TPSA) is 77.4 Å². The number of carbonyl (C=O) groups excluding carboxylic acids is 3. The molecule has 1 N–H and O–H groups in total. The molecule has 2 aliphatic heterocycles. The number of rotatable bonds is 7. The maximum absolute atomic E-state index is 13.2. The van der Waals surface area contributed by atoms with Crippen LogP contribution in [0.15, 0.2) is 41.8 Å². The van der Waals surface area contributed by atoms with E-state index < -0.39 is 23.7 Å². The molecular weight excluding hydrogens is 404 g/mol. The number of nitrogens with zero attached hydrogens (tertiary/aromatic N) is 1. The van der Waals surface area contributed by atoms with Crippen molar-refractivity contribution in [3.8, 4) is 5.75 Å². The van der Waals surface area contributed by atoms with Crippen molar-refractivity contribution in [3.63, 3.8) is 0 Å². The Kier molecular flexibility index (Phi) is 6.26. The van der Waals surface area contributed by atoms with Crippen LogP contribution >= 0.6 is 11.3 Å². The fraction of sp³-hybridized carbons (Fsp3) is 0.409. The molecule has 2 fully saturated rings. The number of ketones is 2. The lowest BCUT2D eigenvalue weighted by atomic mass is 9.88. The molecule has 1 aromatic heterocycles. The van der Waals surface area contributed by atoms with E-state index in [1.807, 2.05) is 12.1 Å². The van der Waals surface area contributed by atoms with Crippen LogP contribution in [0.1, 0.15) is 21.3 Å². The van der Waals surface area contributed by atoms with Crippen LogP contribution in [0.4, 0.5) is 0 Å². The molecule has 2 atom stereocenters. The van der Waals surface area contributed by atoms with Crippen LogP contribution < -0.4 is 9.64 Å². The van der Waals surface area contributed by atoms with Gasteiger partial charge in [-0.25, -0.2) is 0 Å². The zero-order valence-corrected chi connectivity index (χ0v) is 17.7. The van der Waals surface area contributed by atoms with Crippen molar-refractivity contribution in [2.45, 2.75) is 6.04 Å². The number of likely N-dealkylation sites (tertiary alicyclic amines) is 1. The molecule has 3 heterocycles. The standard InChI is InChI=1S/C22H24N2O5S/c1-28-16-6-4-15(5-7-16)19-18(20(25)17-3-2-14-30-17)21(26)22(27)24(19)9-8-23-10-12-29-13-11-23/h2-7,14,18-19H,8-13H2,1H3/p+1. The van der Waals surface area contributed by atoms with Gasteiger partial charge in [-0.1, -0.05) is 18.2 Å². The van der Waals surface area contributed by atoms with Crippen LogP contribution in [0.5, 0.6) is 5.75 Å². The maximum atomic E-state index is 13.2. The molecule has 30 heavy (non-hydrogen) atoms. The van der Waals surface area contributed by atoms with Crippen LogP contribution in [0.25, 0.3) is 0 Å². The second-order valence-electron chi connectivity index (χ2n) is 7.51. The number of hydrogen-bond acceptors (Lipinski definition) is 6. The normalized spacial score (nSPS) is 22.5. The number of hydrogen-bond donors (Lipinski definition) is 1. The van der Waals surface area contributed by atoms with Gasteiger partial charge in [-0.05, 0) is 29.1 Å². The zero-order valence-electron chi connectivity index (χ0n) is 16.8. The molecule has 0 bridgehead atoms. The van der Waals surface area contributed by atoms with E-state index in [1.54, 1.807) is 41.7 Å². The van der Waals surface area contributed by atoms with E-state index in [2.05, 4.69) is 0 Å². The van der Waals surface area contributed by atoms with Crippen LogP contribution in [0.2, 0.25) is 0 Å². The summed E-state index contributed by atoms with van der Waals surface area (Å²) in [4.78, 5) is 42.5. The summed E-state index contributed by atoms with van der Waals surface area (Å²) in [7, 11) is 1.58. The number of thiophene rings is 1. The summed E-state index contributed by atoms with van der Waals surface area (Å²) in [5.41, 5.74) is 0.766. The fourth-order valence-electron chi connectivity index (χ4n) is 4.16. The summed E-state index contributed by atoms with van der Waals surface area (Å²) in [5.74, 6) is -1.82. The van der Waals surface area contributed by atoms with Gasteiger partial charge in [-0.2, -0.15) is 0 Å². The average Bonchev–Trinajstić information content (AvgIpc) is 3.41. The number of amides is 1. The van der Waals surface area contributed by atoms with Crippen LogP contribution in [-0.2, 0) is 14.3 Å². The van der Waals surface area contributed by atoms with Gasteiger partial charge in [0.2, 0.25) is 5.78 Å². The molecule has 0 radical (unpaired) electrons. The first-order valence-electron chi connectivity index (χ1n) is 10.1. The van der Waals surface area contributed by atoms with Gasteiger partial charge < -0.3 is 19.3 Å². The Labute approximate surface area is 179 Å². The first kappa shape index (κ1) is 20.7. The highest BCUT2D eigenvalue weighted by Crippen LogP contribution is 2.38. The smallest absolute Gasteiger partial charge is 0.291 e. The Bertz CT molecular complexity index is 906. The lowest BCUT2D eigenvalue weighted by molar-refractivity contribution is -0.907. The molecule has 2 aromatic rings. The maximum Gasteiger partial charge on any atom is 0.291 e. The van der Waals surface area contributed by atoms with Gasteiger partial charge in [-0.15, -0.1) is 11.3 Å². The summed E-state index contributed by atoms with van der Waals surface area (Å²) in [6.45, 7) is 4.29. The average molecular weight is 430 g/mol. The molecule has 0 aliphatic carbocycles. The minimum Gasteiger partial charge on any atom is -0.497 e. The van der Waals surface area contributed by atoms with Crippen molar-refractivity contribution < 1.29 is 28.8 Å². The van der Waals surface area contributed by atoms with Gasteiger partial charge in [0.1, 0.15) is 24.8 Å². The van der Waals surface area contributed by atoms with Gasteiger partial charge in [-0.3, -0.25) is 14.4 Å². The Morgan fingerprint density at radius 2 is 1.93 bits per heavy atom. The van der Waals surface area contributed by atoms with E-state index >= 15 is 0 Å². The molecule has 1 amide bonds. The summed E-state index contributed by atoms with van der Waals surface area (Å²) >= 11 is 1.29.